The van der Waals surface area contributed by atoms with Crippen molar-refractivity contribution < 1.29 is 9.47 Å². The van der Waals surface area contributed by atoms with Gasteiger partial charge in [-0.25, -0.2) is 0 Å². The van der Waals surface area contributed by atoms with Crippen molar-refractivity contribution in [2.45, 2.75) is 58.6 Å². The third kappa shape index (κ3) is 4.40. The van der Waals surface area contributed by atoms with Gasteiger partial charge in [-0.15, -0.1) is 0 Å². The van der Waals surface area contributed by atoms with Crippen LogP contribution in [0.2, 0.25) is 0 Å². The Morgan fingerprint density at radius 3 is 2.12 bits per heavy atom. The van der Waals surface area contributed by atoms with E-state index < -0.39 is 0 Å². The lowest BCUT2D eigenvalue weighted by Gasteiger charge is -2.39. The maximum absolute atomic E-state index is 6.00. The number of nitrogens with one attached hydrogen (secondary N) is 1. The van der Waals surface area contributed by atoms with E-state index >= 15 is 0 Å². The molecule has 0 fully saturated rings. The normalized spacial score (nSPS) is 14.1. The summed E-state index contributed by atoms with van der Waals surface area (Å²) in [6.45, 7) is 11.1. The molecule has 1 N–H and O–H groups in total. The van der Waals surface area contributed by atoms with E-state index in [2.05, 4.69) is 33.0 Å². The molecule has 0 aliphatic heterocycles. The Morgan fingerprint density at radius 1 is 1.12 bits per heavy atom. The molecule has 1 atom stereocenters. The van der Waals surface area contributed by atoms with E-state index in [1.807, 2.05) is 0 Å². The lowest BCUT2D eigenvalue weighted by molar-refractivity contribution is -0.0860. The second-order valence-corrected chi connectivity index (χ2v) is 4.17. The van der Waals surface area contributed by atoms with Crippen molar-refractivity contribution in [3.63, 3.8) is 0 Å². The monoisotopic (exact) mass is 231 g/mol. The summed E-state index contributed by atoms with van der Waals surface area (Å²) in [5, 5.41) is 3.55. The third-order valence-electron chi connectivity index (χ3n) is 3.24. The van der Waals surface area contributed by atoms with Gasteiger partial charge in [0.1, 0.15) is 0 Å². The topological polar surface area (TPSA) is 30.5 Å². The Kier molecular flexibility index (Phi) is 8.90. The van der Waals surface area contributed by atoms with Crippen LogP contribution in [-0.4, -0.2) is 38.5 Å². The van der Waals surface area contributed by atoms with Gasteiger partial charge in [0, 0.05) is 13.7 Å². The van der Waals surface area contributed by atoms with Crippen molar-refractivity contribution in [1.82, 2.24) is 5.32 Å². The second kappa shape index (κ2) is 8.97. The first-order chi connectivity index (χ1) is 7.70. The van der Waals surface area contributed by atoms with Crippen LogP contribution in [-0.2, 0) is 9.47 Å². The van der Waals surface area contributed by atoms with Gasteiger partial charge in [0.25, 0.3) is 0 Å². The summed E-state index contributed by atoms with van der Waals surface area (Å²) >= 11 is 0. The van der Waals surface area contributed by atoms with Gasteiger partial charge in [-0.2, -0.15) is 0 Å². The Morgan fingerprint density at radius 2 is 1.75 bits per heavy atom. The molecule has 0 radical (unpaired) electrons. The highest BCUT2D eigenvalue weighted by molar-refractivity contribution is 4.91. The fourth-order valence-electron chi connectivity index (χ4n) is 2.22. The Labute approximate surface area is 101 Å². The smallest absolute Gasteiger partial charge is 0.0851 e. The molecule has 0 heterocycles. The molecule has 3 heteroatoms. The zero-order valence-electron chi connectivity index (χ0n) is 11.6. The number of methoxy groups -OCH3 is 1. The molecule has 1 unspecified atom stereocenters. The highest BCUT2D eigenvalue weighted by Gasteiger charge is 2.35. The van der Waals surface area contributed by atoms with Crippen LogP contribution in [0.5, 0.6) is 0 Å². The molecular weight excluding hydrogens is 202 g/mol. The molecule has 3 nitrogen and oxygen atoms in total. The maximum atomic E-state index is 6.00. The van der Waals surface area contributed by atoms with Crippen molar-refractivity contribution in [3.8, 4) is 0 Å². The van der Waals surface area contributed by atoms with E-state index in [0.29, 0.717) is 6.61 Å². The van der Waals surface area contributed by atoms with Crippen molar-refractivity contribution in [2.24, 2.45) is 0 Å². The molecule has 0 spiro atoms. The Balaban J connectivity index is 4.61. The van der Waals surface area contributed by atoms with Crippen molar-refractivity contribution in [3.05, 3.63) is 0 Å². The minimum Gasteiger partial charge on any atom is -0.383 e. The molecule has 16 heavy (non-hydrogen) atoms. The number of hydrogen-bond donors (Lipinski definition) is 1. The van der Waals surface area contributed by atoms with Crippen molar-refractivity contribution in [1.29, 1.82) is 0 Å². The van der Waals surface area contributed by atoms with Gasteiger partial charge in [0.15, 0.2) is 0 Å². The van der Waals surface area contributed by atoms with Gasteiger partial charge < -0.3 is 14.8 Å². The van der Waals surface area contributed by atoms with Gasteiger partial charge in [-0.05, 0) is 32.7 Å². The van der Waals surface area contributed by atoms with E-state index in [0.717, 1.165) is 32.4 Å². The lowest BCUT2D eigenvalue weighted by Crippen LogP contribution is -2.54. The SMILES string of the molecule is CCCNC(COC)C(CC)(CC)OCC. The van der Waals surface area contributed by atoms with E-state index in [9.17, 15) is 0 Å². The van der Waals surface area contributed by atoms with Gasteiger partial charge >= 0.3 is 0 Å². The zero-order valence-corrected chi connectivity index (χ0v) is 11.6. The van der Waals surface area contributed by atoms with Crippen molar-refractivity contribution >= 4 is 0 Å². The quantitative estimate of drug-likeness (QED) is 0.627. The predicted molar refractivity (Wildman–Crippen MR) is 68.9 cm³/mol. The minimum absolute atomic E-state index is 0.0834. The Hall–Kier alpha value is -0.120. The molecule has 0 aromatic carbocycles. The summed E-state index contributed by atoms with van der Waals surface area (Å²) in [5.74, 6) is 0. The second-order valence-electron chi connectivity index (χ2n) is 4.17. The zero-order chi connectivity index (χ0) is 12.4. The average Bonchev–Trinajstić information content (AvgIpc) is 2.32. The van der Waals surface area contributed by atoms with Gasteiger partial charge in [-0.3, -0.25) is 0 Å². The summed E-state index contributed by atoms with van der Waals surface area (Å²) in [4.78, 5) is 0. The molecule has 0 aliphatic carbocycles. The van der Waals surface area contributed by atoms with E-state index in [1.165, 1.54) is 0 Å². The van der Waals surface area contributed by atoms with Crippen LogP contribution in [0.4, 0.5) is 0 Å². The van der Waals surface area contributed by atoms with E-state index in [4.69, 9.17) is 9.47 Å². The van der Waals surface area contributed by atoms with Crippen LogP contribution in [0, 0.1) is 0 Å². The minimum atomic E-state index is -0.0834. The summed E-state index contributed by atoms with van der Waals surface area (Å²) in [6, 6.07) is 0.285. The standard InChI is InChI=1S/C13H29NO2/c1-6-10-14-12(11-15-5)13(7-2,8-3)16-9-4/h12,14H,6-11H2,1-5H3. The van der Waals surface area contributed by atoms with E-state index in [-0.39, 0.29) is 11.6 Å². The van der Waals surface area contributed by atoms with Gasteiger partial charge in [0.05, 0.1) is 18.2 Å². The fraction of sp³-hybridized carbons (Fsp3) is 1.00. The number of hydrogen-bond acceptors (Lipinski definition) is 3. The number of rotatable bonds is 10. The molecule has 0 aromatic rings. The molecule has 0 saturated heterocycles. The Bertz CT molecular complexity index is 158. The summed E-state index contributed by atoms with van der Waals surface area (Å²) < 4.78 is 11.3. The molecule has 0 aliphatic rings. The molecule has 0 aromatic heterocycles. The van der Waals surface area contributed by atoms with Crippen LogP contribution in [0.15, 0.2) is 0 Å². The first-order valence-electron chi connectivity index (χ1n) is 6.56. The largest absolute Gasteiger partial charge is 0.383 e. The fourth-order valence-corrected chi connectivity index (χ4v) is 2.22. The highest BCUT2D eigenvalue weighted by atomic mass is 16.5. The molecule has 0 rings (SSSR count). The lowest BCUT2D eigenvalue weighted by atomic mass is 9.88. The van der Waals surface area contributed by atoms with Gasteiger partial charge in [0.2, 0.25) is 0 Å². The average molecular weight is 231 g/mol. The summed E-state index contributed by atoms with van der Waals surface area (Å²) in [5.41, 5.74) is -0.0834. The molecular formula is C13H29NO2. The molecule has 0 saturated carbocycles. The predicted octanol–water partition coefficient (Wildman–Crippen LogP) is 2.60. The maximum Gasteiger partial charge on any atom is 0.0851 e. The van der Waals surface area contributed by atoms with Crippen LogP contribution in [0.25, 0.3) is 0 Å². The number of ether oxygens (including phenoxy) is 2. The van der Waals surface area contributed by atoms with Crippen molar-refractivity contribution in [2.75, 3.05) is 26.9 Å². The molecule has 0 amide bonds. The van der Waals surface area contributed by atoms with Gasteiger partial charge in [-0.1, -0.05) is 20.8 Å². The first kappa shape index (κ1) is 15.9. The van der Waals surface area contributed by atoms with Crippen LogP contribution >= 0.6 is 0 Å². The van der Waals surface area contributed by atoms with Crippen LogP contribution in [0.3, 0.4) is 0 Å². The molecule has 0 bridgehead atoms. The summed E-state index contributed by atoms with van der Waals surface area (Å²) in [6.07, 6.45) is 3.17. The molecule has 98 valence electrons. The third-order valence-corrected chi connectivity index (χ3v) is 3.24. The van der Waals surface area contributed by atoms with E-state index in [1.54, 1.807) is 7.11 Å². The summed E-state index contributed by atoms with van der Waals surface area (Å²) in [7, 11) is 1.75. The first-order valence-corrected chi connectivity index (χ1v) is 6.56. The van der Waals surface area contributed by atoms with Crippen LogP contribution in [0.1, 0.15) is 47.0 Å². The highest BCUT2D eigenvalue weighted by Crippen LogP contribution is 2.25. The van der Waals surface area contributed by atoms with Crippen LogP contribution < -0.4 is 5.32 Å².